The summed E-state index contributed by atoms with van der Waals surface area (Å²) >= 11 is 0. The average molecular weight is 440 g/mol. The number of hydrogen-bond acceptors (Lipinski definition) is 2. The molecule has 0 aliphatic heterocycles. The van der Waals surface area contributed by atoms with Gasteiger partial charge in [-0.15, -0.1) is 0 Å². The van der Waals surface area contributed by atoms with Gasteiger partial charge in [-0.2, -0.15) is 0 Å². The van der Waals surface area contributed by atoms with Crippen LogP contribution in [-0.4, -0.2) is 12.4 Å². The normalized spacial score (nSPS) is 12.2. The van der Waals surface area contributed by atoms with Crippen molar-refractivity contribution < 1.29 is 0 Å². The van der Waals surface area contributed by atoms with Crippen molar-refractivity contribution in [3.8, 4) is 11.1 Å². The summed E-state index contributed by atoms with van der Waals surface area (Å²) < 4.78 is 0. The highest BCUT2D eigenvalue weighted by atomic mass is 15.0. The third-order valence-electron chi connectivity index (χ3n) is 5.38. The lowest BCUT2D eigenvalue weighted by atomic mass is 10.1. The van der Waals surface area contributed by atoms with Crippen LogP contribution in [0.15, 0.2) is 95.6 Å². The van der Waals surface area contributed by atoms with Gasteiger partial charge in [0.25, 0.3) is 0 Å². The first-order valence-electron chi connectivity index (χ1n) is 12.1. The lowest BCUT2D eigenvalue weighted by Gasteiger charge is -2.17. The van der Waals surface area contributed by atoms with Crippen molar-refractivity contribution in [3.63, 3.8) is 0 Å². The van der Waals surface area contributed by atoms with E-state index in [0.717, 1.165) is 41.4 Å². The molecule has 0 unspecified atom stereocenters. The molecule has 3 aromatic carbocycles. The Labute approximate surface area is 199 Å². The first-order chi connectivity index (χ1) is 16.1. The molecule has 0 atom stereocenters. The molecule has 3 rings (SSSR count). The molecule has 0 spiro atoms. The number of nitrogens with one attached hydrogen (secondary N) is 2. The van der Waals surface area contributed by atoms with Crippen LogP contribution in [0.1, 0.15) is 52.5 Å². The predicted octanol–water partition coefficient (Wildman–Crippen LogP) is 8.18. The molecule has 0 amide bonds. The Balaban J connectivity index is 1.85. The summed E-state index contributed by atoms with van der Waals surface area (Å²) in [5.74, 6) is 1.40. The Bertz CT molecular complexity index is 1050. The maximum Gasteiger partial charge on any atom is 0.134 e. The number of hydrogen-bond donors (Lipinski definition) is 2. The number of para-hydroxylation sites is 1. The molecule has 0 heterocycles. The van der Waals surface area contributed by atoms with Gasteiger partial charge in [0.2, 0.25) is 0 Å². The topological polar surface area (TPSA) is 36.4 Å². The Kier molecular flexibility index (Phi) is 9.31. The van der Waals surface area contributed by atoms with Crippen LogP contribution in [0.5, 0.6) is 0 Å². The van der Waals surface area contributed by atoms with E-state index in [4.69, 9.17) is 4.99 Å². The van der Waals surface area contributed by atoms with Gasteiger partial charge < -0.3 is 10.6 Å². The van der Waals surface area contributed by atoms with E-state index in [0.29, 0.717) is 5.92 Å². The molecule has 3 nitrogen and oxygen atoms in total. The summed E-state index contributed by atoms with van der Waals surface area (Å²) in [5, 5.41) is 7.18. The van der Waals surface area contributed by atoms with Crippen LogP contribution in [-0.2, 0) is 0 Å². The van der Waals surface area contributed by atoms with Crippen molar-refractivity contribution >= 4 is 17.2 Å². The zero-order chi connectivity index (χ0) is 23.5. The third kappa shape index (κ3) is 7.64. The quantitative estimate of drug-likeness (QED) is 0.190. The van der Waals surface area contributed by atoms with Crippen LogP contribution >= 0.6 is 0 Å². The minimum atomic E-state index is 0.482. The number of aliphatic imine (C=N–C) groups is 1. The molecular formula is C30H37N3. The van der Waals surface area contributed by atoms with Gasteiger partial charge in [-0.25, -0.2) is 0 Å². The molecule has 0 fully saturated rings. The van der Waals surface area contributed by atoms with Gasteiger partial charge in [0, 0.05) is 29.2 Å². The second kappa shape index (κ2) is 12.6. The number of benzene rings is 3. The molecule has 172 valence electrons. The Hall–Kier alpha value is -3.33. The number of nitrogens with zero attached hydrogens (tertiary/aromatic N) is 1. The summed E-state index contributed by atoms with van der Waals surface area (Å²) in [4.78, 5) is 4.96. The molecule has 0 aromatic heterocycles. The highest BCUT2D eigenvalue weighted by Crippen LogP contribution is 2.25. The Morgan fingerprint density at radius 1 is 0.848 bits per heavy atom. The minimum Gasteiger partial charge on any atom is -0.355 e. The third-order valence-corrected chi connectivity index (χ3v) is 5.38. The van der Waals surface area contributed by atoms with Gasteiger partial charge in [-0.05, 0) is 54.7 Å². The lowest BCUT2D eigenvalue weighted by molar-refractivity contribution is 0.726. The van der Waals surface area contributed by atoms with Crippen LogP contribution in [0.2, 0.25) is 0 Å². The van der Waals surface area contributed by atoms with E-state index >= 15 is 0 Å². The van der Waals surface area contributed by atoms with Crippen molar-refractivity contribution in [1.82, 2.24) is 5.32 Å². The summed E-state index contributed by atoms with van der Waals surface area (Å²) in [6.45, 7) is 9.54. The fourth-order valence-electron chi connectivity index (χ4n) is 3.80. The molecule has 3 heteroatoms. The zero-order valence-corrected chi connectivity index (χ0v) is 20.4. The van der Waals surface area contributed by atoms with E-state index in [1.54, 1.807) is 0 Å². The average Bonchev–Trinajstić information content (AvgIpc) is 2.82. The first kappa shape index (κ1) is 24.3. The molecule has 0 radical (unpaired) electrons. The second-order valence-electron chi connectivity index (χ2n) is 8.77. The molecule has 3 aromatic rings. The van der Waals surface area contributed by atoms with Gasteiger partial charge in [-0.1, -0.05) is 94.3 Å². The molecule has 0 saturated heterocycles. The molecule has 2 N–H and O–H groups in total. The SMILES string of the molecule is CCCCCN=C(N/C(C)=C/C(C)C)c1ccccc1Nc1ccc(-c2ccccc2)cc1. The van der Waals surface area contributed by atoms with E-state index in [1.165, 1.54) is 24.0 Å². The molecule has 33 heavy (non-hydrogen) atoms. The Morgan fingerprint density at radius 3 is 2.21 bits per heavy atom. The summed E-state index contributed by atoms with van der Waals surface area (Å²) in [6, 6.07) is 27.4. The van der Waals surface area contributed by atoms with E-state index in [2.05, 4.69) is 117 Å². The summed E-state index contributed by atoms with van der Waals surface area (Å²) in [6.07, 6.45) is 5.73. The zero-order valence-electron chi connectivity index (χ0n) is 20.4. The first-order valence-corrected chi connectivity index (χ1v) is 12.1. The fourth-order valence-corrected chi connectivity index (χ4v) is 3.80. The summed E-state index contributed by atoms with van der Waals surface area (Å²) in [5.41, 5.74) is 6.75. The molecular weight excluding hydrogens is 402 g/mol. The van der Waals surface area contributed by atoms with Gasteiger partial charge in [0.15, 0.2) is 0 Å². The number of allylic oxidation sites excluding steroid dienone is 2. The smallest absolute Gasteiger partial charge is 0.134 e. The molecule has 0 bridgehead atoms. The monoisotopic (exact) mass is 439 g/mol. The van der Waals surface area contributed by atoms with Gasteiger partial charge in [0.1, 0.15) is 5.84 Å². The predicted molar refractivity (Wildman–Crippen MR) is 144 cm³/mol. The van der Waals surface area contributed by atoms with Gasteiger partial charge in [0.05, 0.1) is 0 Å². The second-order valence-corrected chi connectivity index (χ2v) is 8.77. The number of amidine groups is 1. The molecule has 0 aliphatic carbocycles. The highest BCUT2D eigenvalue weighted by molar-refractivity contribution is 6.04. The van der Waals surface area contributed by atoms with Crippen LogP contribution in [0, 0.1) is 5.92 Å². The van der Waals surface area contributed by atoms with Gasteiger partial charge in [-0.3, -0.25) is 4.99 Å². The highest BCUT2D eigenvalue weighted by Gasteiger charge is 2.10. The Morgan fingerprint density at radius 2 is 1.52 bits per heavy atom. The number of unbranched alkanes of at least 4 members (excludes halogenated alkanes) is 2. The van der Waals surface area contributed by atoms with Crippen molar-refractivity contribution in [2.45, 2.75) is 47.0 Å². The maximum absolute atomic E-state index is 4.96. The van der Waals surface area contributed by atoms with E-state index in [1.807, 2.05) is 6.07 Å². The van der Waals surface area contributed by atoms with Crippen LogP contribution in [0.3, 0.4) is 0 Å². The largest absolute Gasteiger partial charge is 0.355 e. The lowest BCUT2D eigenvalue weighted by Crippen LogP contribution is -2.24. The standard InChI is InChI=1S/C30H37N3/c1-5-6-12-21-31-30(32-24(4)22-23(2)3)28-15-10-11-16-29(28)33-27-19-17-26(18-20-27)25-13-8-7-9-14-25/h7-11,13-20,22-23,33H,5-6,12,21H2,1-4H3,(H,31,32)/b24-22+. The van der Waals surface area contributed by atoms with E-state index in [9.17, 15) is 0 Å². The molecule has 0 aliphatic rings. The summed E-state index contributed by atoms with van der Waals surface area (Å²) in [7, 11) is 0. The van der Waals surface area contributed by atoms with E-state index in [-0.39, 0.29) is 0 Å². The van der Waals surface area contributed by atoms with E-state index < -0.39 is 0 Å². The van der Waals surface area contributed by atoms with Crippen molar-refractivity contribution in [3.05, 3.63) is 96.2 Å². The minimum absolute atomic E-state index is 0.482. The van der Waals surface area contributed by atoms with Crippen molar-refractivity contribution in [2.24, 2.45) is 10.9 Å². The number of rotatable bonds is 10. The molecule has 0 saturated carbocycles. The van der Waals surface area contributed by atoms with Crippen LogP contribution in [0.25, 0.3) is 11.1 Å². The van der Waals surface area contributed by atoms with Crippen LogP contribution < -0.4 is 10.6 Å². The van der Waals surface area contributed by atoms with Crippen molar-refractivity contribution in [1.29, 1.82) is 0 Å². The number of anilines is 2. The van der Waals surface area contributed by atoms with Gasteiger partial charge >= 0.3 is 0 Å². The maximum atomic E-state index is 4.96. The van der Waals surface area contributed by atoms with Crippen LogP contribution in [0.4, 0.5) is 11.4 Å². The van der Waals surface area contributed by atoms with Crippen molar-refractivity contribution in [2.75, 3.05) is 11.9 Å². The fraction of sp³-hybridized carbons (Fsp3) is 0.300.